The van der Waals surface area contributed by atoms with Crippen molar-refractivity contribution in [2.45, 2.75) is 0 Å². The lowest BCUT2D eigenvalue weighted by atomic mass is 10.3. The summed E-state index contributed by atoms with van der Waals surface area (Å²) < 4.78 is 5.45. The van der Waals surface area contributed by atoms with E-state index in [4.69, 9.17) is 49.8 Å². The van der Waals surface area contributed by atoms with Crippen molar-refractivity contribution in [3.05, 3.63) is 112 Å². The van der Waals surface area contributed by atoms with Crippen LogP contribution in [0.3, 0.4) is 0 Å². The summed E-state index contributed by atoms with van der Waals surface area (Å²) in [6.07, 6.45) is 0. The Morgan fingerprint density at radius 1 is 0.516 bits per heavy atom. The van der Waals surface area contributed by atoms with E-state index in [2.05, 4.69) is 0 Å². The van der Waals surface area contributed by atoms with Crippen LogP contribution in [0.4, 0.5) is 0 Å². The zero-order valence-corrected chi connectivity index (χ0v) is 18.4. The molecule has 0 unspecified atom stereocenters. The van der Waals surface area contributed by atoms with E-state index in [0.717, 1.165) is 0 Å². The van der Waals surface area contributed by atoms with Crippen LogP contribution < -0.4 is 4.74 Å². The van der Waals surface area contributed by atoms with Gasteiger partial charge in [0.15, 0.2) is 11.5 Å². The number of aromatic hydroxyl groups is 3. The topological polar surface area (TPSA) is 69.9 Å². The number of rotatable bonds is 2. The summed E-state index contributed by atoms with van der Waals surface area (Å²) in [6.45, 7) is 0. The van der Waals surface area contributed by atoms with Gasteiger partial charge in [0.1, 0.15) is 17.2 Å². The first-order valence-corrected chi connectivity index (χ1v) is 10.1. The number of phenols is 3. The maximum atomic E-state index is 9.62. The minimum absolute atomic E-state index is 0.0523. The minimum atomic E-state index is -0.0523. The van der Waals surface area contributed by atoms with E-state index in [1.54, 1.807) is 78.9 Å². The van der Waals surface area contributed by atoms with E-state index in [1.165, 1.54) is 6.07 Å². The van der Waals surface area contributed by atoms with E-state index in [0.29, 0.717) is 32.3 Å². The molecule has 0 bridgehead atoms. The van der Waals surface area contributed by atoms with Gasteiger partial charge in [-0.2, -0.15) is 0 Å². The molecule has 3 N–H and O–H groups in total. The SMILES string of the molecule is Oc1cc(Cl)ccc1Oc1ccc(Cl)cc1Cl.Oc1ccccc1.Oc1ccccc1. The first kappa shape index (κ1) is 24.2. The molecule has 4 aromatic rings. The predicted octanol–water partition coefficient (Wildman–Crippen LogP) is 7.93. The molecular weight excluding hydrogens is 459 g/mol. The van der Waals surface area contributed by atoms with Crippen molar-refractivity contribution >= 4 is 34.8 Å². The van der Waals surface area contributed by atoms with Gasteiger partial charge in [-0.1, -0.05) is 71.2 Å². The van der Waals surface area contributed by atoms with Crippen LogP contribution in [-0.4, -0.2) is 15.3 Å². The molecule has 4 aromatic carbocycles. The lowest BCUT2D eigenvalue weighted by Crippen LogP contribution is -1.86. The van der Waals surface area contributed by atoms with Crippen molar-refractivity contribution in [3.8, 4) is 28.7 Å². The van der Waals surface area contributed by atoms with Gasteiger partial charge in [0.05, 0.1) is 5.02 Å². The zero-order valence-electron chi connectivity index (χ0n) is 16.1. The fourth-order valence-electron chi connectivity index (χ4n) is 2.11. The molecule has 0 heterocycles. The van der Waals surface area contributed by atoms with Gasteiger partial charge in [-0.25, -0.2) is 0 Å². The van der Waals surface area contributed by atoms with E-state index in [9.17, 15) is 5.11 Å². The molecule has 0 amide bonds. The summed E-state index contributed by atoms with van der Waals surface area (Å²) >= 11 is 17.4. The summed E-state index contributed by atoms with van der Waals surface area (Å²) in [6, 6.07) is 26.8. The number of hydrogen-bond donors (Lipinski definition) is 3. The van der Waals surface area contributed by atoms with Crippen LogP contribution in [0.25, 0.3) is 0 Å². The molecule has 4 nitrogen and oxygen atoms in total. The Labute approximate surface area is 195 Å². The fraction of sp³-hybridized carbons (Fsp3) is 0. The summed E-state index contributed by atoms with van der Waals surface area (Å²) in [5.41, 5.74) is 0. The van der Waals surface area contributed by atoms with Crippen LogP contribution in [-0.2, 0) is 0 Å². The van der Waals surface area contributed by atoms with Crippen molar-refractivity contribution in [1.82, 2.24) is 0 Å². The Balaban J connectivity index is 0.000000199. The Morgan fingerprint density at radius 2 is 0.968 bits per heavy atom. The maximum absolute atomic E-state index is 9.62. The number of para-hydroxylation sites is 2. The van der Waals surface area contributed by atoms with E-state index in [-0.39, 0.29) is 11.5 Å². The van der Waals surface area contributed by atoms with Gasteiger partial charge in [-0.15, -0.1) is 0 Å². The second-order valence-electron chi connectivity index (χ2n) is 5.96. The van der Waals surface area contributed by atoms with Gasteiger partial charge < -0.3 is 20.1 Å². The van der Waals surface area contributed by atoms with E-state index in [1.807, 2.05) is 12.1 Å². The average molecular weight is 478 g/mol. The van der Waals surface area contributed by atoms with E-state index < -0.39 is 0 Å². The molecule has 0 aromatic heterocycles. The highest BCUT2D eigenvalue weighted by Crippen LogP contribution is 2.36. The van der Waals surface area contributed by atoms with Gasteiger partial charge in [0, 0.05) is 16.1 Å². The first-order valence-electron chi connectivity index (χ1n) is 8.94. The molecule has 0 aliphatic rings. The molecule has 31 heavy (non-hydrogen) atoms. The van der Waals surface area contributed by atoms with Crippen molar-refractivity contribution in [1.29, 1.82) is 0 Å². The fourth-order valence-corrected chi connectivity index (χ4v) is 2.72. The van der Waals surface area contributed by atoms with Crippen LogP contribution in [0.2, 0.25) is 15.1 Å². The van der Waals surface area contributed by atoms with Crippen molar-refractivity contribution in [2.75, 3.05) is 0 Å². The van der Waals surface area contributed by atoms with Crippen LogP contribution in [0, 0.1) is 0 Å². The predicted molar refractivity (Wildman–Crippen MR) is 126 cm³/mol. The average Bonchev–Trinajstić information content (AvgIpc) is 2.74. The molecule has 0 atom stereocenters. The number of hydrogen-bond acceptors (Lipinski definition) is 4. The van der Waals surface area contributed by atoms with Crippen LogP contribution in [0.15, 0.2) is 97.1 Å². The number of ether oxygens (including phenoxy) is 1. The Hall–Kier alpha value is -3.05. The molecule has 4 rings (SSSR count). The zero-order chi connectivity index (χ0) is 22.6. The Kier molecular flexibility index (Phi) is 9.85. The molecule has 0 saturated heterocycles. The van der Waals surface area contributed by atoms with Crippen molar-refractivity contribution in [2.24, 2.45) is 0 Å². The van der Waals surface area contributed by atoms with Gasteiger partial charge >= 0.3 is 0 Å². The lowest BCUT2D eigenvalue weighted by molar-refractivity contribution is 0.411. The van der Waals surface area contributed by atoms with Crippen molar-refractivity contribution < 1.29 is 20.1 Å². The molecule has 160 valence electrons. The smallest absolute Gasteiger partial charge is 0.169 e. The largest absolute Gasteiger partial charge is 0.508 e. The minimum Gasteiger partial charge on any atom is -0.508 e. The molecule has 0 radical (unpaired) electrons. The van der Waals surface area contributed by atoms with Crippen LogP contribution in [0.5, 0.6) is 28.7 Å². The molecule has 0 saturated carbocycles. The third kappa shape index (κ3) is 9.09. The molecule has 0 aliphatic heterocycles. The summed E-state index contributed by atoms with van der Waals surface area (Å²) in [7, 11) is 0. The number of benzene rings is 4. The number of halogens is 3. The molecule has 0 aliphatic carbocycles. The van der Waals surface area contributed by atoms with Crippen LogP contribution in [0.1, 0.15) is 0 Å². The third-order valence-corrected chi connectivity index (χ3v) is 4.31. The summed E-state index contributed by atoms with van der Waals surface area (Å²) in [5, 5.41) is 28.2. The lowest BCUT2D eigenvalue weighted by Gasteiger charge is -2.09. The highest BCUT2D eigenvalue weighted by molar-refractivity contribution is 6.35. The monoisotopic (exact) mass is 476 g/mol. The molecule has 0 fully saturated rings. The van der Waals surface area contributed by atoms with Gasteiger partial charge in [0.25, 0.3) is 0 Å². The van der Waals surface area contributed by atoms with Gasteiger partial charge in [-0.3, -0.25) is 0 Å². The highest BCUT2D eigenvalue weighted by Gasteiger charge is 2.08. The third-order valence-electron chi connectivity index (χ3n) is 3.55. The first-order chi connectivity index (χ1) is 14.8. The molecule has 7 heteroatoms. The number of phenolic OH excluding ortho intramolecular Hbond substituents is 3. The van der Waals surface area contributed by atoms with Crippen molar-refractivity contribution in [3.63, 3.8) is 0 Å². The Bertz CT molecular complexity index is 988. The molecular formula is C24H19Cl3O4. The van der Waals surface area contributed by atoms with Crippen LogP contribution >= 0.6 is 34.8 Å². The highest BCUT2D eigenvalue weighted by atomic mass is 35.5. The van der Waals surface area contributed by atoms with Gasteiger partial charge in [-0.05, 0) is 54.6 Å². The standard InChI is InChI=1S/C12H7Cl3O2.2C6H6O/c13-7-1-3-11(9(15)5-7)17-12-4-2-8(14)6-10(12)16;2*7-6-4-2-1-3-5-6/h1-6,16H;2*1-5,7H. The summed E-state index contributed by atoms with van der Waals surface area (Å²) in [4.78, 5) is 0. The second kappa shape index (κ2) is 12.6. The Morgan fingerprint density at radius 3 is 1.35 bits per heavy atom. The van der Waals surface area contributed by atoms with Gasteiger partial charge in [0.2, 0.25) is 0 Å². The summed E-state index contributed by atoms with van der Waals surface area (Å²) in [5.74, 6) is 1.28. The second-order valence-corrected chi connectivity index (χ2v) is 7.24. The molecule has 0 spiro atoms. The van der Waals surface area contributed by atoms with E-state index >= 15 is 0 Å². The quantitative estimate of drug-likeness (QED) is 0.274. The normalized spacial score (nSPS) is 9.52. The maximum Gasteiger partial charge on any atom is 0.169 e.